The van der Waals surface area contributed by atoms with Crippen molar-refractivity contribution in [1.29, 1.82) is 5.26 Å². The number of hydrogen-bond acceptors (Lipinski definition) is 5. The molecule has 0 saturated heterocycles. The van der Waals surface area contributed by atoms with E-state index in [-0.39, 0.29) is 5.91 Å². The maximum atomic E-state index is 13.9. The lowest BCUT2D eigenvalue weighted by Gasteiger charge is -2.47. The minimum Gasteiger partial charge on any atom is -0.315 e. The van der Waals surface area contributed by atoms with Crippen LogP contribution in [0.25, 0.3) is 0 Å². The summed E-state index contributed by atoms with van der Waals surface area (Å²) in [5.41, 5.74) is 6.53. The summed E-state index contributed by atoms with van der Waals surface area (Å²) in [7, 11) is 0. The Morgan fingerprint density at radius 2 is 1.91 bits per heavy atom. The van der Waals surface area contributed by atoms with Crippen molar-refractivity contribution in [3.8, 4) is 6.07 Å². The van der Waals surface area contributed by atoms with Gasteiger partial charge in [-0.25, -0.2) is 0 Å². The van der Waals surface area contributed by atoms with E-state index in [4.69, 9.17) is 4.99 Å². The van der Waals surface area contributed by atoms with Gasteiger partial charge < -0.3 is 4.90 Å². The molecule has 0 radical (unpaired) electrons. The Labute approximate surface area is 200 Å². The zero-order valence-electron chi connectivity index (χ0n) is 19.6. The van der Waals surface area contributed by atoms with Gasteiger partial charge in [-0.05, 0) is 43.0 Å². The number of nitrogens with zero attached hydrogens (tertiary/aromatic N) is 5. The Bertz CT molecular complexity index is 1250. The van der Waals surface area contributed by atoms with E-state index in [1.54, 1.807) is 0 Å². The molecule has 34 heavy (non-hydrogen) atoms. The Morgan fingerprint density at radius 3 is 2.68 bits per heavy atom. The summed E-state index contributed by atoms with van der Waals surface area (Å²) in [5.74, 6) is 0.935. The summed E-state index contributed by atoms with van der Waals surface area (Å²) in [6, 6.07) is 18.4. The van der Waals surface area contributed by atoms with E-state index in [0.717, 1.165) is 55.3 Å². The van der Waals surface area contributed by atoms with Crippen LogP contribution in [0.15, 0.2) is 64.8 Å². The largest absolute Gasteiger partial charge is 0.315 e. The fraction of sp³-hybridized carbons (Fsp3) is 0.393. The topological polar surface area (TPSA) is 62.9 Å². The van der Waals surface area contributed by atoms with Gasteiger partial charge in [0.25, 0.3) is 5.91 Å². The van der Waals surface area contributed by atoms with E-state index in [9.17, 15) is 10.1 Å². The van der Waals surface area contributed by atoms with Crippen molar-refractivity contribution in [1.82, 2.24) is 14.7 Å². The van der Waals surface area contributed by atoms with Crippen LogP contribution in [-0.4, -0.2) is 52.7 Å². The average molecular weight is 452 g/mol. The van der Waals surface area contributed by atoms with Crippen molar-refractivity contribution in [3.05, 3.63) is 82.1 Å². The fourth-order valence-corrected chi connectivity index (χ4v) is 5.42. The number of benzene rings is 2. The number of amides is 1. The van der Waals surface area contributed by atoms with Crippen LogP contribution < -0.4 is 0 Å². The van der Waals surface area contributed by atoms with Crippen molar-refractivity contribution in [2.75, 3.05) is 26.2 Å². The van der Waals surface area contributed by atoms with Gasteiger partial charge in [-0.15, -0.1) is 0 Å². The Morgan fingerprint density at radius 1 is 1.09 bits per heavy atom. The molecule has 6 nitrogen and oxygen atoms in total. The molecule has 172 valence electrons. The summed E-state index contributed by atoms with van der Waals surface area (Å²) in [6.45, 7) is 6.71. The maximum absolute atomic E-state index is 13.9. The molecule has 3 heterocycles. The van der Waals surface area contributed by atoms with Gasteiger partial charge in [0.1, 0.15) is 0 Å². The first-order valence-electron chi connectivity index (χ1n) is 12.2. The molecule has 1 saturated carbocycles. The number of hydrogen-bond donors (Lipinski definition) is 0. The molecule has 4 aliphatic rings. The second-order valence-corrected chi connectivity index (χ2v) is 10.3. The van der Waals surface area contributed by atoms with Crippen molar-refractivity contribution < 1.29 is 4.79 Å². The Hall–Kier alpha value is -3.43. The van der Waals surface area contributed by atoms with Gasteiger partial charge in [0.2, 0.25) is 5.96 Å². The number of rotatable bonds is 4. The molecule has 1 fully saturated rings. The third kappa shape index (κ3) is 3.80. The number of fused-ring (bicyclic) bond motifs is 2. The molecule has 3 aliphatic heterocycles. The van der Waals surface area contributed by atoms with Gasteiger partial charge in [0.15, 0.2) is 0 Å². The number of nitriles is 1. The molecule has 1 amide bonds. The Balaban J connectivity index is 1.30. The molecule has 6 rings (SSSR count). The SMILES string of the molecule is Cc1ccc(CN2C(=O)C3=C(CCN(Cc4cccc(C#N)c4)C3)N3CC4(CC4)CN=C23)cc1. The van der Waals surface area contributed by atoms with Crippen molar-refractivity contribution in [2.45, 2.75) is 39.3 Å². The summed E-state index contributed by atoms with van der Waals surface area (Å²) in [4.78, 5) is 25.4. The standard InChI is InChI=1S/C28H29N5O/c1-20-5-7-21(8-6-20)16-32-26(34)24-17-31(15-23-4-2-3-22(13-23)14-29)12-9-25(24)33-19-28(10-11-28)18-30-27(32)33/h2-8,13H,9-12,15-19H2,1H3. The summed E-state index contributed by atoms with van der Waals surface area (Å²) >= 11 is 0. The lowest BCUT2D eigenvalue weighted by atomic mass is 9.96. The first kappa shape index (κ1) is 21.1. The van der Waals surface area contributed by atoms with E-state index in [1.807, 2.05) is 23.1 Å². The van der Waals surface area contributed by atoms with Crippen LogP contribution in [0, 0.1) is 23.7 Å². The van der Waals surface area contributed by atoms with Crippen LogP contribution in [0.2, 0.25) is 0 Å². The van der Waals surface area contributed by atoms with E-state index in [0.29, 0.717) is 24.1 Å². The molecule has 2 aromatic rings. The zero-order chi connectivity index (χ0) is 23.3. The minimum absolute atomic E-state index is 0.0906. The number of aliphatic imine (C=N–C) groups is 1. The highest BCUT2D eigenvalue weighted by Gasteiger charge is 2.51. The third-order valence-electron chi connectivity index (χ3n) is 7.64. The van der Waals surface area contributed by atoms with E-state index >= 15 is 0 Å². The van der Waals surface area contributed by atoms with E-state index in [2.05, 4.69) is 53.1 Å². The van der Waals surface area contributed by atoms with Crippen LogP contribution in [0.1, 0.15) is 41.5 Å². The minimum atomic E-state index is 0.0906. The molecule has 0 bridgehead atoms. The number of carbonyl (C=O) groups excluding carboxylic acids is 1. The normalized spacial score (nSPS) is 21.2. The zero-order valence-corrected chi connectivity index (χ0v) is 19.6. The number of carbonyl (C=O) groups is 1. The molecule has 1 aliphatic carbocycles. The monoisotopic (exact) mass is 451 g/mol. The van der Waals surface area contributed by atoms with Crippen LogP contribution in [0.3, 0.4) is 0 Å². The first-order chi connectivity index (χ1) is 16.5. The first-order valence-corrected chi connectivity index (χ1v) is 12.2. The van der Waals surface area contributed by atoms with Crippen LogP contribution >= 0.6 is 0 Å². The van der Waals surface area contributed by atoms with Crippen LogP contribution in [-0.2, 0) is 17.9 Å². The second-order valence-electron chi connectivity index (χ2n) is 10.3. The number of guanidine groups is 1. The van der Waals surface area contributed by atoms with Gasteiger partial charge >= 0.3 is 0 Å². The summed E-state index contributed by atoms with van der Waals surface area (Å²) in [6.07, 6.45) is 3.32. The van der Waals surface area contributed by atoms with Crippen LogP contribution in [0.5, 0.6) is 0 Å². The van der Waals surface area contributed by atoms with E-state index in [1.165, 1.54) is 24.1 Å². The van der Waals surface area contributed by atoms with Gasteiger partial charge in [0, 0.05) is 43.7 Å². The third-order valence-corrected chi connectivity index (χ3v) is 7.64. The molecule has 0 aromatic heterocycles. The van der Waals surface area contributed by atoms with Crippen molar-refractivity contribution in [3.63, 3.8) is 0 Å². The fourth-order valence-electron chi connectivity index (χ4n) is 5.42. The second kappa shape index (κ2) is 8.11. The van der Waals surface area contributed by atoms with Gasteiger partial charge in [-0.3, -0.25) is 19.6 Å². The van der Waals surface area contributed by atoms with E-state index < -0.39 is 0 Å². The van der Waals surface area contributed by atoms with Crippen LogP contribution in [0.4, 0.5) is 0 Å². The molecule has 2 aromatic carbocycles. The highest BCUT2D eigenvalue weighted by atomic mass is 16.2. The highest BCUT2D eigenvalue weighted by molar-refractivity contribution is 6.09. The maximum Gasteiger partial charge on any atom is 0.259 e. The average Bonchev–Trinajstić information content (AvgIpc) is 3.61. The lowest BCUT2D eigenvalue weighted by molar-refractivity contribution is -0.125. The summed E-state index contributed by atoms with van der Waals surface area (Å²) < 4.78 is 0. The Kier molecular flexibility index (Phi) is 5.04. The summed E-state index contributed by atoms with van der Waals surface area (Å²) in [5, 5.41) is 9.24. The molecule has 0 N–H and O–H groups in total. The van der Waals surface area contributed by atoms with Gasteiger partial charge in [-0.1, -0.05) is 42.0 Å². The highest BCUT2D eigenvalue weighted by Crippen LogP contribution is 2.50. The number of aryl methyl sites for hydroxylation is 1. The van der Waals surface area contributed by atoms with Gasteiger partial charge in [0.05, 0.1) is 30.3 Å². The van der Waals surface area contributed by atoms with Crippen molar-refractivity contribution in [2.24, 2.45) is 10.4 Å². The lowest BCUT2D eigenvalue weighted by Crippen LogP contribution is -2.58. The molecule has 6 heteroatoms. The predicted octanol–water partition coefficient (Wildman–Crippen LogP) is 3.82. The smallest absolute Gasteiger partial charge is 0.259 e. The molecule has 0 unspecified atom stereocenters. The molecule has 0 atom stereocenters. The molecular formula is C28H29N5O. The van der Waals surface area contributed by atoms with Gasteiger partial charge in [-0.2, -0.15) is 5.26 Å². The molecule has 1 spiro atoms. The molecular weight excluding hydrogens is 422 g/mol. The quantitative estimate of drug-likeness (QED) is 0.709. The predicted molar refractivity (Wildman–Crippen MR) is 130 cm³/mol. The van der Waals surface area contributed by atoms with Crippen molar-refractivity contribution >= 4 is 11.9 Å².